The van der Waals surface area contributed by atoms with Crippen LogP contribution in [-0.2, 0) is 11.3 Å². The number of rotatable bonds is 6. The normalized spacial score (nSPS) is 22.5. The lowest BCUT2D eigenvalue weighted by atomic mass is 9.87. The van der Waals surface area contributed by atoms with Gasteiger partial charge in [-0.25, -0.2) is 14.5 Å². The van der Waals surface area contributed by atoms with Gasteiger partial charge in [-0.3, -0.25) is 4.90 Å². The molecular weight excluding hydrogens is 492 g/mol. The highest BCUT2D eigenvalue weighted by Gasteiger charge is 2.44. The fourth-order valence-corrected chi connectivity index (χ4v) is 6.04. The van der Waals surface area contributed by atoms with Crippen molar-refractivity contribution >= 4 is 17.0 Å². The van der Waals surface area contributed by atoms with E-state index in [1.54, 1.807) is 23.0 Å². The van der Waals surface area contributed by atoms with E-state index in [-0.39, 0.29) is 5.88 Å². The fraction of sp³-hybridized carbons (Fsp3) is 0.379. The lowest BCUT2D eigenvalue weighted by Gasteiger charge is -2.56. The van der Waals surface area contributed by atoms with Gasteiger partial charge in [0.05, 0.1) is 53.5 Å². The molecule has 4 aliphatic heterocycles. The van der Waals surface area contributed by atoms with E-state index in [2.05, 4.69) is 49.1 Å². The van der Waals surface area contributed by atoms with Crippen LogP contribution in [0.5, 0.6) is 5.88 Å². The molecule has 0 radical (unpaired) electrons. The number of nitrogens with zero attached hydrogens (tertiary/aromatic N) is 8. The van der Waals surface area contributed by atoms with Gasteiger partial charge in [-0.05, 0) is 30.2 Å². The minimum Gasteiger partial charge on any atom is -0.481 e. The molecule has 0 saturated carbocycles. The molecule has 10 heteroatoms. The lowest BCUT2D eigenvalue weighted by molar-refractivity contribution is -0.00876. The van der Waals surface area contributed by atoms with Crippen molar-refractivity contribution in [1.29, 1.82) is 5.26 Å². The molecule has 0 N–H and O–H groups in total. The van der Waals surface area contributed by atoms with Crippen molar-refractivity contribution in [3.8, 4) is 23.1 Å². The summed E-state index contributed by atoms with van der Waals surface area (Å²) in [5, 5.41) is 14.2. The Kier molecular flexibility index (Phi) is 5.23. The summed E-state index contributed by atoms with van der Waals surface area (Å²) in [7, 11) is -2.50. The van der Waals surface area contributed by atoms with E-state index < -0.39 is 7.04 Å². The molecule has 2 atom stereocenters. The maximum atomic E-state index is 9.74. The lowest BCUT2D eigenvalue weighted by Crippen LogP contribution is -2.68. The second-order valence-corrected chi connectivity index (χ2v) is 10.3. The molecule has 2 bridgehead atoms. The average Bonchev–Trinajstić information content (AvgIpc) is 3.43. The third-order valence-corrected chi connectivity index (χ3v) is 8.09. The van der Waals surface area contributed by atoms with Gasteiger partial charge in [0, 0.05) is 74.4 Å². The first-order valence-corrected chi connectivity index (χ1v) is 13.2. The van der Waals surface area contributed by atoms with Gasteiger partial charge in [-0.15, -0.1) is 0 Å². The van der Waals surface area contributed by atoms with E-state index >= 15 is 0 Å². The maximum Gasteiger partial charge on any atom is 0.212 e. The second kappa shape index (κ2) is 9.84. The molecule has 4 aliphatic rings. The smallest absolute Gasteiger partial charge is 0.212 e. The number of aromatic nitrogens is 4. The number of piperidine rings is 1. The number of fused-ring (bicyclic) bond motifs is 3. The van der Waals surface area contributed by atoms with E-state index in [1.165, 1.54) is 0 Å². The summed E-state index contributed by atoms with van der Waals surface area (Å²) in [6.45, 7) is 5.52. The molecule has 0 amide bonds. The minimum absolute atomic E-state index is 0.105. The Balaban J connectivity index is 1.06. The summed E-state index contributed by atoms with van der Waals surface area (Å²) >= 11 is 0. The molecular formula is C29H30N8O2. The van der Waals surface area contributed by atoms with E-state index in [0.717, 1.165) is 72.9 Å². The molecule has 4 fully saturated rings. The largest absolute Gasteiger partial charge is 0.481 e. The van der Waals surface area contributed by atoms with Crippen LogP contribution in [0.1, 0.15) is 21.7 Å². The number of morpholine rings is 1. The quantitative estimate of drug-likeness (QED) is 0.377. The summed E-state index contributed by atoms with van der Waals surface area (Å²) in [4.78, 5) is 16.1. The Labute approximate surface area is 231 Å². The van der Waals surface area contributed by atoms with Gasteiger partial charge in [0.2, 0.25) is 5.88 Å². The van der Waals surface area contributed by atoms with Crippen LogP contribution in [-0.4, -0.2) is 83.0 Å². The molecule has 8 heterocycles. The first-order valence-electron chi connectivity index (χ1n) is 14.7. The highest BCUT2D eigenvalue weighted by molar-refractivity contribution is 5.86. The first-order chi connectivity index (χ1) is 20.3. The number of hydrogen-bond acceptors (Lipinski definition) is 9. The van der Waals surface area contributed by atoms with E-state index in [4.69, 9.17) is 18.6 Å². The minimum atomic E-state index is -2.50. The topological polar surface area (TPSA) is 95.1 Å². The Morgan fingerprint density at radius 2 is 1.95 bits per heavy atom. The molecule has 4 aromatic rings. The van der Waals surface area contributed by atoms with E-state index in [0.29, 0.717) is 30.9 Å². The van der Waals surface area contributed by atoms with Crippen LogP contribution in [0.3, 0.4) is 0 Å². The van der Waals surface area contributed by atoms with Crippen LogP contribution >= 0.6 is 0 Å². The Morgan fingerprint density at radius 3 is 2.67 bits per heavy atom. The number of nitriles is 1. The van der Waals surface area contributed by atoms with Gasteiger partial charge in [-0.2, -0.15) is 10.4 Å². The zero-order valence-electron chi connectivity index (χ0n) is 24.4. The first kappa shape index (κ1) is 20.7. The number of pyridine rings is 3. The molecule has 39 heavy (non-hydrogen) atoms. The molecule has 4 aromatic heterocycles. The third kappa shape index (κ3) is 4.33. The monoisotopic (exact) mass is 525 g/mol. The predicted molar refractivity (Wildman–Crippen MR) is 147 cm³/mol. The highest BCUT2D eigenvalue weighted by Crippen LogP contribution is 2.36. The maximum absolute atomic E-state index is 9.74. The number of anilines is 2. The third-order valence-electron chi connectivity index (χ3n) is 8.09. The van der Waals surface area contributed by atoms with Gasteiger partial charge in [0.1, 0.15) is 11.9 Å². The van der Waals surface area contributed by atoms with Crippen LogP contribution in [0.25, 0.3) is 16.6 Å². The van der Waals surface area contributed by atoms with Crippen molar-refractivity contribution in [3.05, 3.63) is 66.2 Å². The Morgan fingerprint density at radius 1 is 1.08 bits per heavy atom. The molecule has 4 saturated heterocycles. The highest BCUT2D eigenvalue weighted by atomic mass is 16.5. The van der Waals surface area contributed by atoms with Crippen LogP contribution < -0.4 is 14.5 Å². The van der Waals surface area contributed by atoms with Gasteiger partial charge in [0.15, 0.2) is 0 Å². The van der Waals surface area contributed by atoms with Crippen molar-refractivity contribution in [2.75, 3.05) is 56.2 Å². The predicted octanol–water partition coefficient (Wildman–Crippen LogP) is 2.97. The fourth-order valence-electron chi connectivity index (χ4n) is 6.04. The Hall–Kier alpha value is -4.20. The Bertz CT molecular complexity index is 1620. The van der Waals surface area contributed by atoms with Crippen molar-refractivity contribution in [1.82, 2.24) is 24.5 Å². The molecule has 0 aromatic carbocycles. The van der Waals surface area contributed by atoms with Crippen molar-refractivity contribution in [3.63, 3.8) is 0 Å². The zero-order valence-corrected chi connectivity index (χ0v) is 21.4. The van der Waals surface area contributed by atoms with Crippen LogP contribution in [0.4, 0.5) is 11.5 Å². The summed E-state index contributed by atoms with van der Waals surface area (Å²) in [5.74, 6) is 1.05. The number of ether oxygens (including phenoxy) is 2. The summed E-state index contributed by atoms with van der Waals surface area (Å²) in [6.07, 6.45) is 8.33. The summed E-state index contributed by atoms with van der Waals surface area (Å²) in [6, 6.07) is 12.9. The zero-order chi connectivity index (χ0) is 28.8. The number of methoxy groups -OCH3 is 1. The van der Waals surface area contributed by atoms with Crippen LogP contribution in [0.2, 0.25) is 0 Å². The van der Waals surface area contributed by atoms with Gasteiger partial charge < -0.3 is 19.3 Å². The van der Waals surface area contributed by atoms with E-state index in [1.807, 2.05) is 18.5 Å². The molecule has 10 nitrogen and oxygen atoms in total. The van der Waals surface area contributed by atoms with E-state index in [9.17, 15) is 5.26 Å². The SMILES string of the molecule is [2H]C([2H])([2H])Oc1ccc(CN2C3CC2CN(c2ccc(-c4cc(N5CCOCC5)cn5ncc(C#N)c45)cn2)C3)cn1. The van der Waals surface area contributed by atoms with Crippen molar-refractivity contribution < 1.29 is 13.6 Å². The average molecular weight is 526 g/mol. The van der Waals surface area contributed by atoms with Crippen LogP contribution in [0, 0.1) is 11.3 Å². The number of piperazine rings is 1. The second-order valence-electron chi connectivity index (χ2n) is 10.3. The molecule has 0 spiro atoms. The molecule has 2 unspecified atom stereocenters. The van der Waals surface area contributed by atoms with Gasteiger partial charge >= 0.3 is 0 Å². The number of hydrogen-bond donors (Lipinski definition) is 0. The van der Waals surface area contributed by atoms with Crippen LogP contribution in [0.15, 0.2) is 55.1 Å². The molecule has 0 aliphatic carbocycles. The van der Waals surface area contributed by atoms with Gasteiger partial charge in [-0.1, -0.05) is 6.07 Å². The van der Waals surface area contributed by atoms with Crippen molar-refractivity contribution in [2.45, 2.75) is 25.0 Å². The van der Waals surface area contributed by atoms with Crippen molar-refractivity contribution in [2.24, 2.45) is 0 Å². The molecule has 8 rings (SSSR count). The molecule has 198 valence electrons. The summed E-state index contributed by atoms with van der Waals surface area (Å²) in [5.41, 5.74) is 5.27. The van der Waals surface area contributed by atoms with Gasteiger partial charge in [0.25, 0.3) is 0 Å². The standard InChI is InChI=1S/C29H30N8O2/c1-38-28-5-2-20(13-32-28)16-36-24-10-25(36)18-35(17-24)27-4-3-21(14-31-27)26-11-23(34-6-8-39-9-7-34)19-37-29(26)22(12-30)15-33-37/h2-5,11,13-15,19,24-25H,6-10,16-18H2,1H3/i1D3. The summed E-state index contributed by atoms with van der Waals surface area (Å²) < 4.78 is 33.9.